The predicted octanol–water partition coefficient (Wildman–Crippen LogP) is 0.908. The second-order valence-electron chi connectivity index (χ2n) is 4.47. The monoisotopic (exact) mass is 336 g/mol. The summed E-state index contributed by atoms with van der Waals surface area (Å²) in [6.45, 7) is 8.44. The SMILES string of the molecule is CCO[Si](CCCN)(OCC)OCC.O=C1CCC(=O)N1O. The molecule has 1 fully saturated rings. The molecule has 1 aliphatic heterocycles. The first-order valence-electron chi connectivity index (χ1n) is 7.62. The number of hydrogen-bond acceptors (Lipinski definition) is 7. The number of imide groups is 1. The van der Waals surface area contributed by atoms with Crippen molar-refractivity contribution in [1.29, 1.82) is 0 Å². The topological polar surface area (TPSA) is 111 Å². The fourth-order valence-corrected chi connectivity index (χ4v) is 4.52. The molecule has 9 heteroatoms. The summed E-state index contributed by atoms with van der Waals surface area (Å²) >= 11 is 0. The molecule has 0 radical (unpaired) electrons. The number of nitrogens with zero attached hydrogens (tertiary/aromatic N) is 1. The van der Waals surface area contributed by atoms with Crippen LogP contribution in [-0.2, 0) is 22.9 Å². The Labute approximate surface area is 132 Å². The van der Waals surface area contributed by atoms with Gasteiger partial charge >= 0.3 is 8.80 Å². The molecule has 1 aliphatic rings. The van der Waals surface area contributed by atoms with Crippen LogP contribution < -0.4 is 5.73 Å². The minimum Gasteiger partial charge on any atom is -0.374 e. The zero-order valence-corrected chi connectivity index (χ0v) is 14.7. The van der Waals surface area contributed by atoms with E-state index in [1.807, 2.05) is 20.8 Å². The van der Waals surface area contributed by atoms with Gasteiger partial charge in [-0.15, -0.1) is 0 Å². The molecule has 0 aromatic carbocycles. The van der Waals surface area contributed by atoms with E-state index in [4.69, 9.17) is 24.2 Å². The van der Waals surface area contributed by atoms with E-state index >= 15 is 0 Å². The average molecular weight is 336 g/mol. The third-order valence-corrected chi connectivity index (χ3v) is 5.96. The van der Waals surface area contributed by atoms with Gasteiger partial charge in [0.1, 0.15) is 0 Å². The van der Waals surface area contributed by atoms with E-state index in [0.29, 0.717) is 26.4 Å². The van der Waals surface area contributed by atoms with E-state index in [1.54, 1.807) is 0 Å². The normalized spacial score (nSPS) is 15.0. The Hall–Kier alpha value is -0.843. The van der Waals surface area contributed by atoms with Crippen LogP contribution in [0.4, 0.5) is 0 Å². The van der Waals surface area contributed by atoms with E-state index in [9.17, 15) is 9.59 Å². The van der Waals surface area contributed by atoms with Crippen molar-refractivity contribution >= 4 is 20.6 Å². The molecular formula is C13H28N2O6Si. The molecule has 2 amide bonds. The lowest BCUT2D eigenvalue weighted by molar-refractivity contribution is -0.171. The quantitative estimate of drug-likeness (QED) is 0.365. The highest BCUT2D eigenvalue weighted by molar-refractivity contribution is 6.60. The lowest BCUT2D eigenvalue weighted by atomic mass is 10.4. The van der Waals surface area contributed by atoms with Crippen LogP contribution in [-0.4, -0.2) is 57.3 Å². The smallest absolute Gasteiger partial charge is 0.374 e. The summed E-state index contributed by atoms with van der Waals surface area (Å²) in [5, 5.41) is 8.57. The number of rotatable bonds is 9. The van der Waals surface area contributed by atoms with Gasteiger partial charge in [0, 0.05) is 38.7 Å². The average Bonchev–Trinajstić information content (AvgIpc) is 2.78. The molecule has 1 heterocycles. The van der Waals surface area contributed by atoms with Gasteiger partial charge in [0.25, 0.3) is 11.8 Å². The van der Waals surface area contributed by atoms with Crippen LogP contribution >= 0.6 is 0 Å². The largest absolute Gasteiger partial charge is 0.500 e. The number of hydrogen-bond donors (Lipinski definition) is 2. The molecule has 0 unspecified atom stereocenters. The molecular weight excluding hydrogens is 308 g/mol. The van der Waals surface area contributed by atoms with Crippen LogP contribution in [0.3, 0.4) is 0 Å². The van der Waals surface area contributed by atoms with Gasteiger partial charge in [-0.1, -0.05) is 0 Å². The van der Waals surface area contributed by atoms with Gasteiger partial charge in [-0.3, -0.25) is 14.8 Å². The molecule has 0 aromatic heterocycles. The minimum atomic E-state index is -2.40. The predicted molar refractivity (Wildman–Crippen MR) is 82.0 cm³/mol. The number of amides is 2. The van der Waals surface area contributed by atoms with Crippen molar-refractivity contribution in [1.82, 2.24) is 5.06 Å². The molecule has 8 nitrogen and oxygen atoms in total. The van der Waals surface area contributed by atoms with Crippen LogP contribution in [0.1, 0.15) is 40.0 Å². The van der Waals surface area contributed by atoms with Crippen LogP contribution in [0.15, 0.2) is 0 Å². The zero-order chi connectivity index (χ0) is 17.0. The van der Waals surface area contributed by atoms with Gasteiger partial charge in [-0.05, 0) is 33.7 Å². The summed E-state index contributed by atoms with van der Waals surface area (Å²) in [4.78, 5) is 20.5. The van der Waals surface area contributed by atoms with Crippen LogP contribution in [0.25, 0.3) is 0 Å². The first-order valence-corrected chi connectivity index (χ1v) is 9.56. The maximum atomic E-state index is 10.2. The second-order valence-corrected chi connectivity index (χ2v) is 7.21. The van der Waals surface area contributed by atoms with Crippen molar-refractivity contribution in [2.24, 2.45) is 5.73 Å². The second kappa shape index (κ2) is 11.7. The minimum absolute atomic E-state index is 0.148. The number of hydroxylamine groups is 2. The van der Waals surface area contributed by atoms with E-state index in [1.165, 1.54) is 0 Å². The molecule has 130 valence electrons. The Morgan fingerprint density at radius 3 is 1.68 bits per heavy atom. The molecule has 0 aliphatic carbocycles. The number of carbonyl (C=O) groups is 2. The van der Waals surface area contributed by atoms with Gasteiger partial charge in [0.2, 0.25) is 0 Å². The van der Waals surface area contributed by atoms with Gasteiger partial charge in [-0.2, -0.15) is 5.06 Å². The van der Waals surface area contributed by atoms with E-state index in [-0.39, 0.29) is 17.9 Å². The molecule has 1 saturated heterocycles. The van der Waals surface area contributed by atoms with Crippen molar-refractivity contribution in [3.05, 3.63) is 0 Å². The van der Waals surface area contributed by atoms with Crippen LogP contribution in [0.5, 0.6) is 0 Å². The molecule has 3 N–H and O–H groups in total. The van der Waals surface area contributed by atoms with Gasteiger partial charge < -0.3 is 19.0 Å². The van der Waals surface area contributed by atoms with E-state index in [0.717, 1.165) is 12.5 Å². The van der Waals surface area contributed by atoms with Gasteiger partial charge in [0.05, 0.1) is 0 Å². The first-order chi connectivity index (χ1) is 10.5. The summed E-state index contributed by atoms with van der Waals surface area (Å²) in [6.07, 6.45) is 1.19. The molecule has 0 spiro atoms. The molecule has 0 bridgehead atoms. The fourth-order valence-electron chi connectivity index (χ4n) is 1.88. The van der Waals surface area contributed by atoms with Crippen molar-refractivity contribution in [2.75, 3.05) is 26.4 Å². The molecule has 22 heavy (non-hydrogen) atoms. The first kappa shape index (κ1) is 21.2. The third-order valence-electron chi connectivity index (χ3n) is 2.81. The summed E-state index contributed by atoms with van der Waals surface area (Å²) < 4.78 is 17.0. The molecule has 1 rings (SSSR count). The number of nitrogens with two attached hydrogens (primary N) is 1. The fraction of sp³-hybridized carbons (Fsp3) is 0.846. The van der Waals surface area contributed by atoms with Crippen LogP contribution in [0.2, 0.25) is 6.04 Å². The molecule has 0 atom stereocenters. The third kappa shape index (κ3) is 7.43. The summed E-state index contributed by atoms with van der Waals surface area (Å²) in [5.74, 6) is -1.01. The maximum Gasteiger partial charge on any atom is 0.500 e. The highest BCUT2D eigenvalue weighted by Gasteiger charge is 2.39. The van der Waals surface area contributed by atoms with Crippen molar-refractivity contribution in [2.45, 2.75) is 46.1 Å². The van der Waals surface area contributed by atoms with Crippen LogP contribution in [0, 0.1) is 0 Å². The molecule has 0 saturated carbocycles. The standard InChI is InChI=1S/C9H23NO3Si.C4H5NO3/c1-4-11-14(12-5-2,13-6-3)9-7-8-10;6-3-1-2-4(7)5(3)8/h4-10H2,1-3H3;8H,1-2H2. The lowest BCUT2D eigenvalue weighted by Gasteiger charge is -2.28. The highest BCUT2D eigenvalue weighted by Crippen LogP contribution is 2.17. The zero-order valence-electron chi connectivity index (χ0n) is 13.7. The highest BCUT2D eigenvalue weighted by atomic mass is 28.4. The van der Waals surface area contributed by atoms with Crippen molar-refractivity contribution < 1.29 is 28.1 Å². The van der Waals surface area contributed by atoms with E-state index in [2.05, 4.69) is 0 Å². The Bertz CT molecular complexity index is 309. The van der Waals surface area contributed by atoms with Crippen molar-refractivity contribution in [3.63, 3.8) is 0 Å². The van der Waals surface area contributed by atoms with Gasteiger partial charge in [-0.25, -0.2) is 0 Å². The summed E-state index contributed by atoms with van der Waals surface area (Å²) in [7, 11) is -2.40. The Balaban J connectivity index is 0.000000461. The summed E-state index contributed by atoms with van der Waals surface area (Å²) in [5.41, 5.74) is 5.48. The summed E-state index contributed by atoms with van der Waals surface area (Å²) in [6, 6.07) is 0.818. The van der Waals surface area contributed by atoms with Gasteiger partial charge in [0.15, 0.2) is 0 Å². The Morgan fingerprint density at radius 1 is 1.05 bits per heavy atom. The van der Waals surface area contributed by atoms with E-state index < -0.39 is 20.6 Å². The molecule has 0 aromatic rings. The van der Waals surface area contributed by atoms with Crippen molar-refractivity contribution in [3.8, 4) is 0 Å². The maximum absolute atomic E-state index is 10.2. The Morgan fingerprint density at radius 2 is 1.45 bits per heavy atom. The lowest BCUT2D eigenvalue weighted by Crippen LogP contribution is -2.46. The number of carbonyl (C=O) groups excluding carboxylic acids is 2. The Kier molecular flexibility index (Phi) is 11.2.